The smallest absolute Gasteiger partial charge is 0.253 e. The molecule has 3 aromatic rings. The van der Waals surface area contributed by atoms with Crippen molar-refractivity contribution in [2.45, 2.75) is 43.4 Å². The van der Waals surface area contributed by atoms with Crippen LogP contribution in [0.25, 0.3) is 10.9 Å². The number of hydrogen-bond acceptors (Lipinski definition) is 3. The number of amides is 1. The maximum absolute atomic E-state index is 12.8. The van der Waals surface area contributed by atoms with Crippen LogP contribution in [-0.4, -0.2) is 25.9 Å². The van der Waals surface area contributed by atoms with E-state index in [9.17, 15) is 13.2 Å². The van der Waals surface area contributed by atoms with Gasteiger partial charge in [0.25, 0.3) is 5.91 Å². The molecule has 0 spiro atoms. The molecule has 2 aromatic carbocycles. The quantitative estimate of drug-likeness (QED) is 0.562. The second kappa shape index (κ2) is 8.00. The number of primary sulfonamides is 1. The third kappa shape index (κ3) is 4.21. The van der Waals surface area contributed by atoms with E-state index < -0.39 is 10.0 Å². The van der Waals surface area contributed by atoms with Crippen molar-refractivity contribution in [2.24, 2.45) is 5.14 Å². The van der Waals surface area contributed by atoms with E-state index in [1.54, 1.807) is 12.1 Å². The van der Waals surface area contributed by atoms with Gasteiger partial charge in [-0.05, 0) is 61.4 Å². The molecule has 152 valence electrons. The molecule has 1 heterocycles. The lowest BCUT2D eigenvalue weighted by atomic mass is 10.0. The van der Waals surface area contributed by atoms with Gasteiger partial charge in [-0.1, -0.05) is 30.7 Å². The zero-order valence-electron chi connectivity index (χ0n) is 16.2. The highest BCUT2D eigenvalue weighted by Gasteiger charge is 2.18. The number of aromatic nitrogens is 1. The first kappa shape index (κ1) is 19.7. The van der Waals surface area contributed by atoms with Crippen LogP contribution in [0.3, 0.4) is 0 Å². The second-order valence-corrected chi connectivity index (χ2v) is 9.13. The fourth-order valence-corrected chi connectivity index (χ4v) is 4.57. The Morgan fingerprint density at radius 2 is 1.79 bits per heavy atom. The molecular weight excluding hydrogens is 386 g/mol. The van der Waals surface area contributed by atoms with Gasteiger partial charge < -0.3 is 10.3 Å². The van der Waals surface area contributed by atoms with E-state index in [2.05, 4.69) is 16.4 Å². The fraction of sp³-hybridized carbons (Fsp3) is 0.318. The van der Waals surface area contributed by atoms with Crippen molar-refractivity contribution in [1.29, 1.82) is 0 Å². The summed E-state index contributed by atoms with van der Waals surface area (Å²) in [7, 11) is -3.69. The lowest BCUT2D eigenvalue weighted by Crippen LogP contribution is -2.26. The molecule has 1 aliphatic carbocycles. The number of hydrogen-bond donors (Lipinski definition) is 3. The summed E-state index contributed by atoms with van der Waals surface area (Å²) in [6.07, 6.45) is 6.34. The first-order valence-corrected chi connectivity index (χ1v) is 11.5. The average Bonchev–Trinajstić information content (AvgIpc) is 2.88. The number of fused-ring (bicyclic) bond motifs is 3. The number of benzene rings is 2. The lowest BCUT2D eigenvalue weighted by molar-refractivity contribution is 0.0955. The molecule has 6 nitrogen and oxygen atoms in total. The molecule has 0 unspecified atom stereocenters. The van der Waals surface area contributed by atoms with Gasteiger partial charge in [0.05, 0.1) is 16.0 Å². The molecule has 0 bridgehead atoms. The summed E-state index contributed by atoms with van der Waals surface area (Å²) in [6.45, 7) is 0.463. The van der Waals surface area contributed by atoms with Gasteiger partial charge in [0.15, 0.2) is 0 Å². The molecule has 7 heteroatoms. The number of para-hydroxylation sites is 1. The number of nitrogens with one attached hydrogen (secondary N) is 2. The van der Waals surface area contributed by atoms with Crippen molar-refractivity contribution in [1.82, 2.24) is 10.3 Å². The van der Waals surface area contributed by atoms with Gasteiger partial charge in [0, 0.05) is 17.6 Å². The van der Waals surface area contributed by atoms with Crippen LogP contribution < -0.4 is 10.5 Å². The number of carbonyl (C=O) groups excluding carboxylic acids is 1. The largest absolute Gasteiger partial charge is 0.358 e. The molecule has 0 atom stereocenters. The molecule has 4 N–H and O–H groups in total. The minimum Gasteiger partial charge on any atom is -0.358 e. The van der Waals surface area contributed by atoms with Gasteiger partial charge >= 0.3 is 0 Å². The van der Waals surface area contributed by atoms with Crippen molar-refractivity contribution < 1.29 is 13.2 Å². The highest BCUT2D eigenvalue weighted by atomic mass is 32.2. The SMILES string of the molecule is NS(=O)(=O)c1ccc(CCNC(=O)c2cccc3c4c([nH]c23)CCCCC4)cc1. The number of nitrogens with two attached hydrogens (primary N) is 1. The summed E-state index contributed by atoms with van der Waals surface area (Å²) < 4.78 is 22.6. The van der Waals surface area contributed by atoms with E-state index in [4.69, 9.17) is 5.14 Å². The Morgan fingerprint density at radius 1 is 1.03 bits per heavy atom. The van der Waals surface area contributed by atoms with E-state index in [-0.39, 0.29) is 10.8 Å². The number of H-pyrrole nitrogens is 1. The third-order valence-electron chi connectivity index (χ3n) is 5.58. The Morgan fingerprint density at radius 3 is 2.55 bits per heavy atom. The fourth-order valence-electron chi connectivity index (χ4n) is 4.06. The maximum Gasteiger partial charge on any atom is 0.253 e. The molecular formula is C22H25N3O3S. The van der Waals surface area contributed by atoms with Gasteiger partial charge in [0.1, 0.15) is 0 Å². The van der Waals surface area contributed by atoms with Gasteiger partial charge in [-0.2, -0.15) is 0 Å². The molecule has 0 saturated heterocycles. The summed E-state index contributed by atoms with van der Waals surface area (Å²) in [4.78, 5) is 16.4. The average molecular weight is 412 g/mol. The van der Waals surface area contributed by atoms with Crippen molar-refractivity contribution in [2.75, 3.05) is 6.54 Å². The molecule has 0 saturated carbocycles. The number of rotatable bonds is 5. The van der Waals surface area contributed by atoms with Crippen LogP contribution in [0.5, 0.6) is 0 Å². The van der Waals surface area contributed by atoms with Crippen LogP contribution in [0.2, 0.25) is 0 Å². The highest BCUT2D eigenvalue weighted by Crippen LogP contribution is 2.30. The predicted molar refractivity (Wildman–Crippen MR) is 113 cm³/mol. The highest BCUT2D eigenvalue weighted by molar-refractivity contribution is 7.89. The van der Waals surface area contributed by atoms with Gasteiger partial charge in [0.2, 0.25) is 10.0 Å². The molecule has 1 amide bonds. The van der Waals surface area contributed by atoms with E-state index in [0.717, 1.165) is 29.3 Å². The number of carbonyl (C=O) groups is 1. The standard InChI is InChI=1S/C22H25N3O3S/c23-29(27,28)16-11-9-15(10-12-16)13-14-24-22(26)19-7-4-6-18-17-5-2-1-3-8-20(17)25-21(18)19/h4,6-7,9-12,25H,1-3,5,8,13-14H2,(H,24,26)(H2,23,27,28). The van der Waals surface area contributed by atoms with Crippen molar-refractivity contribution >= 4 is 26.8 Å². The topological polar surface area (TPSA) is 105 Å². The third-order valence-corrected chi connectivity index (χ3v) is 6.51. The molecule has 0 aliphatic heterocycles. The molecule has 0 fully saturated rings. The van der Waals surface area contributed by atoms with Crippen molar-refractivity contribution in [3.05, 3.63) is 64.8 Å². The Balaban J connectivity index is 1.46. The van der Waals surface area contributed by atoms with Crippen LogP contribution in [0, 0.1) is 0 Å². The van der Waals surface area contributed by atoms with Crippen LogP contribution in [0.4, 0.5) is 0 Å². The maximum atomic E-state index is 12.8. The molecule has 1 aromatic heterocycles. The second-order valence-electron chi connectivity index (χ2n) is 7.57. The molecule has 29 heavy (non-hydrogen) atoms. The normalized spacial score (nSPS) is 14.4. The lowest BCUT2D eigenvalue weighted by Gasteiger charge is -2.07. The van der Waals surface area contributed by atoms with E-state index >= 15 is 0 Å². The van der Waals surface area contributed by atoms with Gasteiger partial charge in [-0.25, -0.2) is 13.6 Å². The minimum absolute atomic E-state index is 0.0866. The zero-order chi connectivity index (χ0) is 20.4. The minimum atomic E-state index is -3.69. The van der Waals surface area contributed by atoms with Gasteiger partial charge in [-0.3, -0.25) is 4.79 Å². The number of sulfonamides is 1. The van der Waals surface area contributed by atoms with E-state index in [1.165, 1.54) is 42.7 Å². The van der Waals surface area contributed by atoms with Crippen LogP contribution in [-0.2, 0) is 29.3 Å². The van der Waals surface area contributed by atoms with Crippen LogP contribution >= 0.6 is 0 Å². The van der Waals surface area contributed by atoms with Crippen molar-refractivity contribution in [3.8, 4) is 0 Å². The Hall–Kier alpha value is -2.64. The summed E-state index contributed by atoms with van der Waals surface area (Å²) >= 11 is 0. The van der Waals surface area contributed by atoms with Crippen LogP contribution in [0.15, 0.2) is 47.4 Å². The van der Waals surface area contributed by atoms with E-state index in [1.807, 2.05) is 12.1 Å². The summed E-state index contributed by atoms with van der Waals surface area (Å²) in [5, 5.41) is 9.25. The molecule has 4 rings (SSSR count). The Labute approximate surface area is 170 Å². The first-order chi connectivity index (χ1) is 13.9. The van der Waals surface area contributed by atoms with Crippen LogP contribution in [0.1, 0.15) is 46.4 Å². The first-order valence-electron chi connectivity index (χ1n) is 9.96. The monoisotopic (exact) mass is 411 g/mol. The summed E-state index contributed by atoms with van der Waals surface area (Å²) in [5.41, 5.74) is 5.16. The van der Waals surface area contributed by atoms with Crippen molar-refractivity contribution in [3.63, 3.8) is 0 Å². The predicted octanol–water partition coefficient (Wildman–Crippen LogP) is 3.06. The molecule has 0 radical (unpaired) electrons. The Bertz CT molecular complexity index is 1150. The zero-order valence-corrected chi connectivity index (χ0v) is 17.0. The summed E-state index contributed by atoms with van der Waals surface area (Å²) in [6, 6.07) is 12.3. The summed E-state index contributed by atoms with van der Waals surface area (Å²) in [5.74, 6) is -0.104. The van der Waals surface area contributed by atoms with Gasteiger partial charge in [-0.15, -0.1) is 0 Å². The number of aryl methyl sites for hydroxylation is 2. The van der Waals surface area contributed by atoms with E-state index in [0.29, 0.717) is 18.5 Å². The molecule has 1 aliphatic rings. The Kier molecular flexibility index (Phi) is 5.43. The number of aromatic amines is 1.